The van der Waals surface area contributed by atoms with E-state index in [1.807, 2.05) is 0 Å². The molecule has 3 aliphatic heterocycles. The summed E-state index contributed by atoms with van der Waals surface area (Å²) in [4.78, 5) is 24.7. The second kappa shape index (κ2) is 27.9. The van der Waals surface area contributed by atoms with Crippen molar-refractivity contribution in [1.29, 1.82) is 0 Å². The Morgan fingerprint density at radius 1 is 0.750 bits per heavy atom. The normalized spacial score (nSPS) is 35.9. The summed E-state index contributed by atoms with van der Waals surface area (Å²) in [5.41, 5.74) is 6.09. The lowest BCUT2D eigenvalue weighted by molar-refractivity contribution is -0.386. The summed E-state index contributed by atoms with van der Waals surface area (Å²) in [5.74, 6) is -5.81. The highest BCUT2D eigenvalue weighted by Gasteiger charge is 2.60. The minimum Gasteiger partial charge on any atom is -0.477 e. The van der Waals surface area contributed by atoms with Gasteiger partial charge in [-0.25, -0.2) is 4.79 Å². The first-order valence-electron chi connectivity index (χ1n) is 22.5. The standard InChI is InChI=1S/C41H76N2O21/c1-3-4-5-6-7-8-9-10-11-12-13-14-15-23(48)29(51)22(42)20-59-38-33(55)32(54)35(27(19-46)61-38)62-39-34(56)37(31(53)26(18-45)60-39)64-41(40(57)58)16-24(49)28(43-21(2)47)36(63-41)30(52)25(50)17-44/h22-39,44-46,48-56H,3-20,42H2,1-2H3,(H,43,47)(H,57,58)/t22-,23+,24-,25+,26+,27+,28+,29-,30-,31-,32+,33+,34+,35+,36+,37-,38+,39-,41-/m0/s1. The molecule has 23 heteroatoms. The molecule has 376 valence electrons. The number of amides is 1. The maximum atomic E-state index is 12.8. The quantitative estimate of drug-likeness (QED) is 0.0317. The number of hydrogen-bond acceptors (Lipinski definition) is 21. The molecular weight excluding hydrogens is 856 g/mol. The van der Waals surface area contributed by atoms with Gasteiger partial charge in [0.2, 0.25) is 5.91 Å². The molecular formula is C41H76N2O21. The number of aliphatic hydroxyl groups is 12. The molecule has 23 nitrogen and oxygen atoms in total. The van der Waals surface area contributed by atoms with Crippen molar-refractivity contribution >= 4 is 11.9 Å². The Hall–Kier alpha value is -1.82. The molecule has 0 radical (unpaired) electrons. The first kappa shape index (κ1) is 56.5. The highest BCUT2D eigenvalue weighted by Crippen LogP contribution is 2.38. The number of aliphatic hydroxyl groups excluding tert-OH is 12. The molecule has 19 atom stereocenters. The van der Waals surface area contributed by atoms with E-state index in [0.29, 0.717) is 6.42 Å². The van der Waals surface area contributed by atoms with Crippen LogP contribution in [0.4, 0.5) is 0 Å². The molecule has 0 bridgehead atoms. The molecule has 0 aromatic carbocycles. The Bertz CT molecular complexity index is 1340. The minimum atomic E-state index is -3.07. The Labute approximate surface area is 373 Å². The van der Waals surface area contributed by atoms with E-state index in [-0.39, 0.29) is 6.42 Å². The van der Waals surface area contributed by atoms with E-state index in [2.05, 4.69) is 12.2 Å². The van der Waals surface area contributed by atoms with E-state index in [0.717, 1.165) is 32.6 Å². The molecule has 3 fully saturated rings. The molecule has 3 aliphatic rings. The fourth-order valence-electron chi connectivity index (χ4n) is 8.24. The van der Waals surface area contributed by atoms with Crippen LogP contribution in [-0.4, -0.2) is 221 Å². The second-order valence-corrected chi connectivity index (χ2v) is 17.2. The molecule has 0 aromatic heterocycles. The maximum Gasteiger partial charge on any atom is 0.364 e. The van der Waals surface area contributed by atoms with Gasteiger partial charge in [0.15, 0.2) is 12.6 Å². The van der Waals surface area contributed by atoms with Gasteiger partial charge in [-0.05, 0) is 6.42 Å². The zero-order valence-corrected chi connectivity index (χ0v) is 36.8. The van der Waals surface area contributed by atoms with Crippen LogP contribution in [0.1, 0.15) is 104 Å². The number of carbonyl (C=O) groups is 2. The van der Waals surface area contributed by atoms with E-state index in [1.165, 1.54) is 44.9 Å². The summed E-state index contributed by atoms with van der Waals surface area (Å²) < 4.78 is 33.7. The molecule has 3 saturated heterocycles. The highest BCUT2D eigenvalue weighted by atomic mass is 16.8. The van der Waals surface area contributed by atoms with E-state index in [1.54, 1.807) is 0 Å². The van der Waals surface area contributed by atoms with Crippen LogP contribution in [0.5, 0.6) is 0 Å². The van der Waals surface area contributed by atoms with Gasteiger partial charge in [-0.3, -0.25) is 4.79 Å². The van der Waals surface area contributed by atoms with Gasteiger partial charge in [-0.1, -0.05) is 84.0 Å². The van der Waals surface area contributed by atoms with Crippen LogP contribution in [0.15, 0.2) is 0 Å². The first-order chi connectivity index (χ1) is 30.4. The number of unbranched alkanes of at least 4 members (excludes halogenated alkanes) is 11. The molecule has 16 N–H and O–H groups in total. The first-order valence-corrected chi connectivity index (χ1v) is 22.5. The van der Waals surface area contributed by atoms with Crippen molar-refractivity contribution in [2.45, 2.75) is 220 Å². The molecule has 64 heavy (non-hydrogen) atoms. The van der Waals surface area contributed by atoms with Gasteiger partial charge in [0.1, 0.15) is 67.1 Å². The minimum absolute atomic E-state index is 0.290. The number of nitrogens with two attached hydrogens (primary N) is 1. The maximum absolute atomic E-state index is 12.8. The molecule has 1 amide bonds. The number of nitrogens with one attached hydrogen (secondary N) is 1. The molecule has 0 aromatic rings. The zero-order valence-electron chi connectivity index (χ0n) is 36.8. The van der Waals surface area contributed by atoms with Gasteiger partial charge in [0.05, 0.1) is 56.8 Å². The number of aliphatic carboxylic acids is 1. The SMILES string of the molecule is CCCCCCCCCCCCCC[C@@H](O)[C@@H](O)[C@@H](N)CO[C@@H]1O[C@H](CO)[C@@H](O[C@@H]2O[C@H](CO)[C@H](O)[C@H](O[C@]3(C(=O)O)C[C@H](O)[C@@H](NC(C)=O)[C@H]([C@@H](O)[C@H](O)CO)O3)[C@H]2O)[C@H](O)[C@H]1O. The number of carbonyl (C=O) groups excluding carboxylic acids is 1. The molecule has 0 spiro atoms. The number of rotatable bonds is 29. The Balaban J connectivity index is 1.62. The fourth-order valence-corrected chi connectivity index (χ4v) is 8.24. The van der Waals surface area contributed by atoms with Crippen LogP contribution < -0.4 is 11.1 Å². The lowest BCUT2D eigenvalue weighted by Crippen LogP contribution is -2.70. The summed E-state index contributed by atoms with van der Waals surface area (Å²) in [6.45, 7) is -0.203. The van der Waals surface area contributed by atoms with Crippen molar-refractivity contribution in [3.63, 3.8) is 0 Å². The summed E-state index contributed by atoms with van der Waals surface area (Å²) in [7, 11) is 0. The third-order valence-corrected chi connectivity index (χ3v) is 12.1. The number of hydrogen-bond donors (Lipinski definition) is 15. The summed E-state index contributed by atoms with van der Waals surface area (Å²) in [6.07, 6.45) is -16.8. The van der Waals surface area contributed by atoms with E-state index >= 15 is 0 Å². The molecule has 3 rings (SSSR count). The number of carboxylic acids is 1. The molecule has 0 saturated carbocycles. The third-order valence-electron chi connectivity index (χ3n) is 12.1. The molecule has 3 heterocycles. The Kier molecular flexibility index (Phi) is 24.6. The highest BCUT2D eigenvalue weighted by molar-refractivity contribution is 5.76. The summed E-state index contributed by atoms with van der Waals surface area (Å²) in [6, 6.07) is -2.73. The summed E-state index contributed by atoms with van der Waals surface area (Å²) in [5, 5.41) is 140. The van der Waals surface area contributed by atoms with Gasteiger partial charge < -0.3 is 106 Å². The van der Waals surface area contributed by atoms with Gasteiger partial charge in [-0.2, -0.15) is 0 Å². The average molecular weight is 933 g/mol. The number of ether oxygens (including phenoxy) is 6. The van der Waals surface area contributed by atoms with Crippen LogP contribution in [0.3, 0.4) is 0 Å². The topological polar surface area (TPSA) is 391 Å². The van der Waals surface area contributed by atoms with Crippen LogP contribution in [0.25, 0.3) is 0 Å². The molecule has 0 unspecified atom stereocenters. The third kappa shape index (κ3) is 15.6. The van der Waals surface area contributed by atoms with Crippen molar-refractivity contribution in [3.8, 4) is 0 Å². The van der Waals surface area contributed by atoms with Crippen LogP contribution in [-0.2, 0) is 38.0 Å². The van der Waals surface area contributed by atoms with Crippen LogP contribution >= 0.6 is 0 Å². The zero-order chi connectivity index (χ0) is 47.7. The lowest BCUT2D eigenvalue weighted by Gasteiger charge is -2.50. The van der Waals surface area contributed by atoms with Crippen molar-refractivity contribution in [2.75, 3.05) is 26.4 Å². The molecule has 0 aliphatic carbocycles. The Morgan fingerprint density at radius 3 is 1.84 bits per heavy atom. The summed E-state index contributed by atoms with van der Waals surface area (Å²) >= 11 is 0. The lowest BCUT2D eigenvalue weighted by atomic mass is 9.88. The average Bonchev–Trinajstić information content (AvgIpc) is 3.27. The largest absolute Gasteiger partial charge is 0.477 e. The smallest absolute Gasteiger partial charge is 0.364 e. The number of carboxylic acid groups (broad SMARTS) is 1. The van der Waals surface area contributed by atoms with E-state index in [9.17, 15) is 76.0 Å². The van der Waals surface area contributed by atoms with Crippen LogP contribution in [0.2, 0.25) is 0 Å². The van der Waals surface area contributed by atoms with Gasteiger partial charge in [0, 0.05) is 13.3 Å². The van der Waals surface area contributed by atoms with E-state index in [4.69, 9.17) is 34.2 Å². The Morgan fingerprint density at radius 2 is 1.31 bits per heavy atom. The monoisotopic (exact) mass is 932 g/mol. The second-order valence-electron chi connectivity index (χ2n) is 17.2. The predicted molar refractivity (Wildman–Crippen MR) is 219 cm³/mol. The van der Waals surface area contributed by atoms with Crippen molar-refractivity contribution in [1.82, 2.24) is 5.32 Å². The van der Waals surface area contributed by atoms with Crippen molar-refractivity contribution in [2.24, 2.45) is 5.73 Å². The fraction of sp³-hybridized carbons (Fsp3) is 0.951. The van der Waals surface area contributed by atoms with Gasteiger partial charge in [-0.15, -0.1) is 0 Å². The van der Waals surface area contributed by atoms with E-state index < -0.39 is 161 Å². The van der Waals surface area contributed by atoms with Crippen LogP contribution in [0, 0.1) is 0 Å². The predicted octanol–water partition coefficient (Wildman–Crippen LogP) is -4.06. The van der Waals surface area contributed by atoms with Gasteiger partial charge >= 0.3 is 5.97 Å². The van der Waals surface area contributed by atoms with Gasteiger partial charge in [0.25, 0.3) is 5.79 Å². The van der Waals surface area contributed by atoms with Crippen molar-refractivity contribution in [3.05, 3.63) is 0 Å². The van der Waals surface area contributed by atoms with Crippen molar-refractivity contribution < 1.29 is 104 Å².